The second-order valence-corrected chi connectivity index (χ2v) is 6.89. The van der Waals surface area contributed by atoms with Crippen LogP contribution in [-0.2, 0) is 19.5 Å². The number of pyridine rings is 1. The van der Waals surface area contributed by atoms with Crippen molar-refractivity contribution in [2.75, 3.05) is 32.7 Å². The lowest BCUT2D eigenvalue weighted by Crippen LogP contribution is -2.27. The molecule has 0 amide bonds. The van der Waals surface area contributed by atoms with E-state index in [0.29, 0.717) is 5.92 Å². The Morgan fingerprint density at radius 1 is 1.12 bits per heavy atom. The smallest absolute Gasteiger partial charge is 0.137 e. The molecule has 4 heterocycles. The van der Waals surface area contributed by atoms with E-state index in [0.717, 1.165) is 52.2 Å². The predicted molar refractivity (Wildman–Crippen MR) is 92.7 cm³/mol. The average molecular weight is 326 g/mol. The fourth-order valence-electron chi connectivity index (χ4n) is 3.94. The molecule has 1 saturated heterocycles. The lowest BCUT2D eigenvalue weighted by atomic mass is 10.1. The number of nitrogens with zero attached hydrogens (tertiary/aromatic N) is 6. The summed E-state index contributed by atoms with van der Waals surface area (Å²) in [5.74, 6) is 2.89. The molecule has 6 heteroatoms. The van der Waals surface area contributed by atoms with Crippen molar-refractivity contribution in [3.8, 4) is 0 Å². The number of rotatable bonds is 4. The lowest BCUT2D eigenvalue weighted by molar-refractivity contribution is 0.292. The summed E-state index contributed by atoms with van der Waals surface area (Å²) in [5, 5.41) is 9.07. The van der Waals surface area contributed by atoms with E-state index in [1.807, 2.05) is 18.5 Å². The minimum absolute atomic E-state index is 0.510. The summed E-state index contributed by atoms with van der Waals surface area (Å²) >= 11 is 0. The van der Waals surface area contributed by atoms with E-state index in [1.165, 1.54) is 23.6 Å². The molecule has 0 saturated carbocycles. The Balaban J connectivity index is 1.44. The molecule has 2 aliphatic heterocycles. The summed E-state index contributed by atoms with van der Waals surface area (Å²) in [6.45, 7) is 9.79. The van der Waals surface area contributed by atoms with Crippen LogP contribution in [-0.4, -0.2) is 62.3 Å². The van der Waals surface area contributed by atoms with Gasteiger partial charge in [-0.15, -0.1) is 10.2 Å². The Hall–Kier alpha value is -1.79. The SMILES string of the molecule is CCN1CCc2nnc(C3CCN(Cc4cccnc4)C3)n2CC1. The van der Waals surface area contributed by atoms with Crippen molar-refractivity contribution in [3.63, 3.8) is 0 Å². The van der Waals surface area contributed by atoms with Gasteiger partial charge in [-0.25, -0.2) is 0 Å². The van der Waals surface area contributed by atoms with E-state index in [9.17, 15) is 0 Å². The third kappa shape index (κ3) is 3.21. The van der Waals surface area contributed by atoms with Crippen molar-refractivity contribution in [2.45, 2.75) is 38.8 Å². The van der Waals surface area contributed by atoms with Crippen LogP contribution < -0.4 is 0 Å². The zero-order valence-electron chi connectivity index (χ0n) is 14.4. The molecule has 0 aliphatic carbocycles. The first kappa shape index (κ1) is 15.7. The van der Waals surface area contributed by atoms with Crippen LogP contribution in [0.25, 0.3) is 0 Å². The zero-order valence-corrected chi connectivity index (χ0v) is 14.4. The van der Waals surface area contributed by atoms with Crippen LogP contribution >= 0.6 is 0 Å². The summed E-state index contributed by atoms with van der Waals surface area (Å²) in [6, 6.07) is 4.17. The lowest BCUT2D eigenvalue weighted by Gasteiger charge is -2.18. The van der Waals surface area contributed by atoms with Crippen molar-refractivity contribution in [2.24, 2.45) is 0 Å². The third-order valence-electron chi connectivity index (χ3n) is 5.36. The van der Waals surface area contributed by atoms with Gasteiger partial charge in [0, 0.05) is 57.5 Å². The van der Waals surface area contributed by atoms with E-state index in [1.54, 1.807) is 0 Å². The molecular weight excluding hydrogens is 300 g/mol. The molecule has 0 spiro atoms. The first-order valence-corrected chi connectivity index (χ1v) is 9.09. The molecule has 6 nitrogen and oxygen atoms in total. The van der Waals surface area contributed by atoms with Gasteiger partial charge in [0.05, 0.1) is 0 Å². The van der Waals surface area contributed by atoms with Crippen molar-refractivity contribution in [1.29, 1.82) is 0 Å². The van der Waals surface area contributed by atoms with Crippen molar-refractivity contribution in [1.82, 2.24) is 29.5 Å². The normalized spacial score (nSPS) is 22.5. The van der Waals surface area contributed by atoms with Gasteiger partial charge in [-0.2, -0.15) is 0 Å². The van der Waals surface area contributed by atoms with Crippen molar-refractivity contribution in [3.05, 3.63) is 41.7 Å². The molecule has 1 unspecified atom stereocenters. The molecule has 1 fully saturated rings. The maximum Gasteiger partial charge on any atom is 0.137 e. The molecule has 24 heavy (non-hydrogen) atoms. The largest absolute Gasteiger partial charge is 0.313 e. The summed E-state index contributed by atoms with van der Waals surface area (Å²) in [5.41, 5.74) is 1.29. The number of likely N-dealkylation sites (tertiary alicyclic amines) is 1. The van der Waals surface area contributed by atoms with E-state index in [-0.39, 0.29) is 0 Å². The highest BCUT2D eigenvalue weighted by molar-refractivity contribution is 5.11. The number of aromatic nitrogens is 4. The highest BCUT2D eigenvalue weighted by Crippen LogP contribution is 2.28. The Labute approximate surface area is 143 Å². The molecule has 2 aromatic heterocycles. The summed E-state index contributed by atoms with van der Waals surface area (Å²) in [4.78, 5) is 9.24. The highest BCUT2D eigenvalue weighted by atomic mass is 15.3. The minimum atomic E-state index is 0.510. The molecule has 2 aromatic rings. The zero-order chi connectivity index (χ0) is 16.4. The molecular formula is C18H26N6. The van der Waals surface area contributed by atoms with Crippen LogP contribution in [0.15, 0.2) is 24.5 Å². The van der Waals surface area contributed by atoms with Gasteiger partial charge >= 0.3 is 0 Å². The Morgan fingerprint density at radius 2 is 2.08 bits per heavy atom. The van der Waals surface area contributed by atoms with Gasteiger partial charge in [0.1, 0.15) is 11.6 Å². The minimum Gasteiger partial charge on any atom is -0.313 e. The van der Waals surface area contributed by atoms with Gasteiger partial charge in [0.2, 0.25) is 0 Å². The fraction of sp³-hybridized carbons (Fsp3) is 0.611. The van der Waals surface area contributed by atoms with Crippen LogP contribution in [0, 0.1) is 0 Å². The van der Waals surface area contributed by atoms with E-state index in [4.69, 9.17) is 0 Å². The molecule has 0 aromatic carbocycles. The Kier molecular flexibility index (Phi) is 4.58. The van der Waals surface area contributed by atoms with Gasteiger partial charge in [0.25, 0.3) is 0 Å². The second kappa shape index (κ2) is 6.99. The fourth-order valence-corrected chi connectivity index (χ4v) is 3.94. The van der Waals surface area contributed by atoms with Gasteiger partial charge in [-0.1, -0.05) is 13.0 Å². The molecule has 128 valence electrons. The topological polar surface area (TPSA) is 50.1 Å². The Morgan fingerprint density at radius 3 is 2.92 bits per heavy atom. The van der Waals surface area contributed by atoms with Gasteiger partial charge < -0.3 is 9.47 Å². The maximum absolute atomic E-state index is 4.57. The van der Waals surface area contributed by atoms with Crippen LogP contribution in [0.5, 0.6) is 0 Å². The molecule has 0 N–H and O–H groups in total. The van der Waals surface area contributed by atoms with Crippen molar-refractivity contribution >= 4 is 0 Å². The van der Waals surface area contributed by atoms with E-state index in [2.05, 4.69) is 42.5 Å². The average Bonchev–Trinajstić information content (AvgIpc) is 3.18. The summed E-state index contributed by atoms with van der Waals surface area (Å²) in [7, 11) is 0. The number of hydrogen-bond acceptors (Lipinski definition) is 5. The molecule has 4 rings (SSSR count). The molecule has 0 radical (unpaired) electrons. The monoisotopic (exact) mass is 326 g/mol. The van der Waals surface area contributed by atoms with Crippen LogP contribution in [0.4, 0.5) is 0 Å². The second-order valence-electron chi connectivity index (χ2n) is 6.89. The Bertz CT molecular complexity index is 667. The first-order valence-electron chi connectivity index (χ1n) is 9.09. The summed E-state index contributed by atoms with van der Waals surface area (Å²) in [6.07, 6.45) is 6.00. The quantitative estimate of drug-likeness (QED) is 0.853. The van der Waals surface area contributed by atoms with Crippen LogP contribution in [0.1, 0.15) is 36.5 Å². The molecule has 2 aliphatic rings. The van der Waals surface area contributed by atoms with Gasteiger partial charge in [-0.05, 0) is 31.1 Å². The van der Waals surface area contributed by atoms with Crippen LogP contribution in [0.2, 0.25) is 0 Å². The first-order chi connectivity index (χ1) is 11.8. The standard InChI is InChI=1S/C18H26N6/c1-2-22-9-6-17-20-21-18(24(17)11-10-22)16-5-8-23(14-16)13-15-4-3-7-19-12-15/h3-4,7,12,16H,2,5-6,8-11,13-14H2,1H3. The highest BCUT2D eigenvalue weighted by Gasteiger charge is 2.29. The van der Waals surface area contributed by atoms with E-state index >= 15 is 0 Å². The maximum atomic E-state index is 4.57. The van der Waals surface area contributed by atoms with Crippen LogP contribution in [0.3, 0.4) is 0 Å². The number of hydrogen-bond donors (Lipinski definition) is 0. The third-order valence-corrected chi connectivity index (χ3v) is 5.36. The number of fused-ring (bicyclic) bond motifs is 1. The molecule has 0 bridgehead atoms. The molecule has 1 atom stereocenters. The van der Waals surface area contributed by atoms with Gasteiger partial charge in [-0.3, -0.25) is 9.88 Å². The predicted octanol–water partition coefficient (Wildman–Crippen LogP) is 1.54. The van der Waals surface area contributed by atoms with Crippen molar-refractivity contribution < 1.29 is 0 Å². The number of likely N-dealkylation sites (N-methyl/N-ethyl adjacent to an activating group) is 1. The summed E-state index contributed by atoms with van der Waals surface area (Å²) < 4.78 is 2.40. The van der Waals surface area contributed by atoms with E-state index < -0.39 is 0 Å². The van der Waals surface area contributed by atoms with Gasteiger partial charge in [0.15, 0.2) is 0 Å².